The summed E-state index contributed by atoms with van der Waals surface area (Å²) in [6.45, 7) is 3.70. The second-order valence-corrected chi connectivity index (χ2v) is 5.09. The van der Waals surface area contributed by atoms with Crippen molar-refractivity contribution in [2.45, 2.75) is 25.9 Å². The van der Waals surface area contributed by atoms with Crippen molar-refractivity contribution in [1.29, 1.82) is 0 Å². The lowest BCUT2D eigenvalue weighted by molar-refractivity contribution is 0.0748. The van der Waals surface area contributed by atoms with Gasteiger partial charge in [0, 0.05) is 12.6 Å². The summed E-state index contributed by atoms with van der Waals surface area (Å²) in [7, 11) is 0. The topological polar surface area (TPSA) is 32.3 Å². The highest BCUT2D eigenvalue weighted by molar-refractivity contribution is 9.10. The molecule has 16 heavy (non-hydrogen) atoms. The minimum absolute atomic E-state index is 0.0954. The molecule has 1 aromatic carbocycles. The largest absolute Gasteiger partial charge is 0.390 e. The van der Waals surface area contributed by atoms with Gasteiger partial charge >= 0.3 is 0 Å². The maximum Gasteiger partial charge on any atom is 0.147 e. The SMILES string of the molecule is CC(C)(O)CCNc1cc(F)c(Br)cc1F. The van der Waals surface area contributed by atoms with E-state index in [0.29, 0.717) is 13.0 Å². The Bertz CT molecular complexity index is 377. The highest BCUT2D eigenvalue weighted by Gasteiger charge is 2.13. The number of halogens is 3. The summed E-state index contributed by atoms with van der Waals surface area (Å²) in [5.74, 6) is -1.05. The first kappa shape index (κ1) is 13.4. The van der Waals surface area contributed by atoms with Crippen LogP contribution in [0.1, 0.15) is 20.3 Å². The van der Waals surface area contributed by atoms with Crippen LogP contribution in [0, 0.1) is 11.6 Å². The summed E-state index contributed by atoms with van der Waals surface area (Å²) in [5, 5.41) is 12.2. The lowest BCUT2D eigenvalue weighted by Gasteiger charge is -2.17. The van der Waals surface area contributed by atoms with Crippen LogP contribution < -0.4 is 5.32 Å². The zero-order valence-corrected chi connectivity index (χ0v) is 10.7. The molecular weight excluding hydrogens is 280 g/mol. The van der Waals surface area contributed by atoms with Gasteiger partial charge in [0.1, 0.15) is 11.6 Å². The molecular formula is C11H14BrF2NO. The monoisotopic (exact) mass is 293 g/mol. The van der Waals surface area contributed by atoms with Crippen LogP contribution in [0.15, 0.2) is 16.6 Å². The molecule has 0 aliphatic carbocycles. The van der Waals surface area contributed by atoms with E-state index in [9.17, 15) is 13.9 Å². The fourth-order valence-electron chi connectivity index (χ4n) is 1.16. The van der Waals surface area contributed by atoms with Gasteiger partial charge in [0.2, 0.25) is 0 Å². The molecule has 0 saturated carbocycles. The average Bonchev–Trinajstić information content (AvgIpc) is 2.11. The summed E-state index contributed by atoms with van der Waals surface area (Å²) < 4.78 is 26.5. The molecule has 0 atom stereocenters. The van der Waals surface area contributed by atoms with Gasteiger partial charge in [-0.3, -0.25) is 0 Å². The highest BCUT2D eigenvalue weighted by atomic mass is 79.9. The first-order valence-corrected chi connectivity index (χ1v) is 5.70. The predicted octanol–water partition coefficient (Wildman–Crippen LogP) is 3.30. The molecule has 0 amide bonds. The molecule has 0 unspecified atom stereocenters. The first-order valence-electron chi connectivity index (χ1n) is 4.90. The van der Waals surface area contributed by atoms with E-state index in [4.69, 9.17) is 0 Å². The molecule has 90 valence electrons. The van der Waals surface area contributed by atoms with Crippen molar-refractivity contribution in [3.8, 4) is 0 Å². The summed E-state index contributed by atoms with van der Waals surface area (Å²) in [5.41, 5.74) is -0.720. The van der Waals surface area contributed by atoms with E-state index in [-0.39, 0.29) is 10.2 Å². The Balaban J connectivity index is 2.64. The maximum absolute atomic E-state index is 13.3. The smallest absolute Gasteiger partial charge is 0.147 e. The Kier molecular flexibility index (Phi) is 4.27. The quantitative estimate of drug-likeness (QED) is 0.835. The van der Waals surface area contributed by atoms with Crippen LogP contribution >= 0.6 is 15.9 Å². The van der Waals surface area contributed by atoms with Crippen LogP contribution in [0.3, 0.4) is 0 Å². The van der Waals surface area contributed by atoms with Gasteiger partial charge in [-0.05, 0) is 42.3 Å². The van der Waals surface area contributed by atoms with Crippen molar-refractivity contribution in [2.24, 2.45) is 0 Å². The summed E-state index contributed by atoms with van der Waals surface area (Å²) in [6.07, 6.45) is 0.449. The molecule has 1 aromatic rings. The summed E-state index contributed by atoms with van der Waals surface area (Å²) in [4.78, 5) is 0. The molecule has 0 spiro atoms. The second-order valence-electron chi connectivity index (χ2n) is 4.24. The van der Waals surface area contributed by atoms with Gasteiger partial charge in [-0.2, -0.15) is 0 Å². The predicted molar refractivity (Wildman–Crippen MR) is 63.5 cm³/mol. The summed E-state index contributed by atoms with van der Waals surface area (Å²) in [6, 6.07) is 2.16. The lowest BCUT2D eigenvalue weighted by atomic mass is 10.1. The van der Waals surface area contributed by atoms with Gasteiger partial charge in [0.25, 0.3) is 0 Å². The van der Waals surface area contributed by atoms with Crippen molar-refractivity contribution >= 4 is 21.6 Å². The molecule has 0 heterocycles. The molecule has 0 bridgehead atoms. The third kappa shape index (κ3) is 4.06. The van der Waals surface area contributed by atoms with Crippen LogP contribution in [0.5, 0.6) is 0 Å². The van der Waals surface area contributed by atoms with Crippen LogP contribution in [0.4, 0.5) is 14.5 Å². The molecule has 5 heteroatoms. The highest BCUT2D eigenvalue weighted by Crippen LogP contribution is 2.23. The van der Waals surface area contributed by atoms with Crippen molar-refractivity contribution in [1.82, 2.24) is 0 Å². The van der Waals surface area contributed by atoms with E-state index in [1.165, 1.54) is 0 Å². The number of hydrogen-bond donors (Lipinski definition) is 2. The van der Waals surface area contributed by atoms with E-state index in [1.54, 1.807) is 13.8 Å². The first-order chi connectivity index (χ1) is 7.29. The Labute approximate surface area is 102 Å². The standard InChI is InChI=1S/C11H14BrF2NO/c1-11(2,16)3-4-15-10-6-8(13)7(12)5-9(10)14/h5-6,15-16H,3-4H2,1-2H3. The van der Waals surface area contributed by atoms with Crippen molar-refractivity contribution < 1.29 is 13.9 Å². The molecule has 0 aliphatic rings. The Morgan fingerprint density at radius 1 is 1.31 bits per heavy atom. The molecule has 0 saturated heterocycles. The number of nitrogens with one attached hydrogen (secondary N) is 1. The Hall–Kier alpha value is -0.680. The number of rotatable bonds is 4. The zero-order valence-electron chi connectivity index (χ0n) is 9.15. The van der Waals surface area contributed by atoms with Gasteiger partial charge in [0.05, 0.1) is 15.8 Å². The third-order valence-electron chi connectivity index (χ3n) is 2.06. The fraction of sp³-hybridized carbons (Fsp3) is 0.455. The normalized spacial score (nSPS) is 11.6. The van der Waals surface area contributed by atoms with E-state index in [1.807, 2.05) is 0 Å². The minimum atomic E-state index is -0.822. The van der Waals surface area contributed by atoms with Gasteiger partial charge in [-0.1, -0.05) is 0 Å². The van der Waals surface area contributed by atoms with E-state index < -0.39 is 17.2 Å². The number of aliphatic hydroxyl groups is 1. The maximum atomic E-state index is 13.3. The molecule has 1 rings (SSSR count). The van der Waals surface area contributed by atoms with Crippen LogP contribution in [0.2, 0.25) is 0 Å². The average molecular weight is 294 g/mol. The zero-order chi connectivity index (χ0) is 12.3. The molecule has 0 aliphatic heterocycles. The van der Waals surface area contributed by atoms with Crippen molar-refractivity contribution in [3.63, 3.8) is 0 Å². The fourth-order valence-corrected chi connectivity index (χ4v) is 1.48. The summed E-state index contributed by atoms with van der Waals surface area (Å²) >= 11 is 2.90. The van der Waals surface area contributed by atoms with E-state index in [0.717, 1.165) is 12.1 Å². The molecule has 0 radical (unpaired) electrons. The van der Waals surface area contributed by atoms with Crippen LogP contribution in [-0.2, 0) is 0 Å². The number of benzene rings is 1. The van der Waals surface area contributed by atoms with Gasteiger partial charge in [-0.25, -0.2) is 8.78 Å². The Morgan fingerprint density at radius 2 is 1.94 bits per heavy atom. The van der Waals surface area contributed by atoms with Gasteiger partial charge in [0.15, 0.2) is 0 Å². The van der Waals surface area contributed by atoms with Crippen LogP contribution in [0.25, 0.3) is 0 Å². The second kappa shape index (κ2) is 5.10. The number of hydrogen-bond acceptors (Lipinski definition) is 2. The van der Waals surface area contributed by atoms with Crippen LogP contribution in [-0.4, -0.2) is 17.3 Å². The van der Waals surface area contributed by atoms with Gasteiger partial charge < -0.3 is 10.4 Å². The molecule has 0 aromatic heterocycles. The minimum Gasteiger partial charge on any atom is -0.390 e. The van der Waals surface area contributed by atoms with E-state index >= 15 is 0 Å². The number of anilines is 1. The molecule has 0 fully saturated rings. The van der Waals surface area contributed by atoms with Crippen molar-refractivity contribution in [2.75, 3.05) is 11.9 Å². The van der Waals surface area contributed by atoms with Crippen molar-refractivity contribution in [3.05, 3.63) is 28.2 Å². The lowest BCUT2D eigenvalue weighted by Crippen LogP contribution is -2.22. The Morgan fingerprint density at radius 3 is 2.50 bits per heavy atom. The van der Waals surface area contributed by atoms with Gasteiger partial charge in [-0.15, -0.1) is 0 Å². The third-order valence-corrected chi connectivity index (χ3v) is 2.67. The molecule has 2 N–H and O–H groups in total. The van der Waals surface area contributed by atoms with E-state index in [2.05, 4.69) is 21.2 Å². The molecule has 2 nitrogen and oxygen atoms in total.